The Morgan fingerprint density at radius 3 is 2.71 bits per heavy atom. The molecule has 3 N–H and O–H groups in total. The minimum Gasteiger partial charge on any atom is -0.397 e. The first-order valence-electron chi connectivity index (χ1n) is 7.46. The molecule has 10 heteroatoms. The fourth-order valence-corrected chi connectivity index (χ4v) is 4.70. The fourth-order valence-electron chi connectivity index (χ4n) is 2.81. The number of nitrogens with zero attached hydrogens (tertiary/aromatic N) is 3. The Hall–Kier alpha value is -1.78. The Morgan fingerprint density at radius 1 is 1.38 bits per heavy atom. The topological polar surface area (TPSA) is 118 Å². The van der Waals surface area contributed by atoms with Gasteiger partial charge in [0.2, 0.25) is 10.0 Å². The summed E-state index contributed by atoms with van der Waals surface area (Å²) in [5.74, 6) is -0.298. The quantitative estimate of drug-likeness (QED) is 0.820. The molecule has 2 aromatic heterocycles. The van der Waals surface area contributed by atoms with Crippen molar-refractivity contribution in [2.24, 2.45) is 0 Å². The van der Waals surface area contributed by atoms with Crippen LogP contribution in [0.25, 0.3) is 10.2 Å². The van der Waals surface area contributed by atoms with Crippen molar-refractivity contribution in [1.29, 1.82) is 0 Å². The maximum atomic E-state index is 12.5. The first-order valence-corrected chi connectivity index (χ1v) is 10.1. The van der Waals surface area contributed by atoms with E-state index >= 15 is 0 Å². The molecule has 0 aromatic carbocycles. The molecule has 0 spiro atoms. The van der Waals surface area contributed by atoms with Crippen LogP contribution in [0.4, 0.5) is 5.69 Å². The van der Waals surface area contributed by atoms with E-state index in [9.17, 15) is 13.2 Å². The molecule has 1 saturated heterocycles. The van der Waals surface area contributed by atoms with E-state index in [-0.39, 0.29) is 18.5 Å². The van der Waals surface area contributed by atoms with Gasteiger partial charge in [0.05, 0.1) is 17.6 Å². The molecule has 0 radical (unpaired) electrons. The standard InChI is InChI=1S/C14H19N5O3S2/c1-7-8(2)17-18-14-10(7)11(15)12(23-14)13(20)16-9-4-5-19(6-9)24(3,21)22/h9H,4-6,15H2,1-3H3,(H,16,20). The molecule has 1 unspecified atom stereocenters. The molecule has 0 bridgehead atoms. The van der Waals surface area contributed by atoms with Gasteiger partial charge in [-0.05, 0) is 25.8 Å². The molecule has 1 fully saturated rings. The van der Waals surface area contributed by atoms with Gasteiger partial charge in [0.15, 0.2) is 0 Å². The zero-order valence-electron chi connectivity index (χ0n) is 13.7. The summed E-state index contributed by atoms with van der Waals surface area (Å²) >= 11 is 1.20. The highest BCUT2D eigenvalue weighted by atomic mass is 32.2. The SMILES string of the molecule is Cc1nnc2sc(C(=O)NC3CCN(S(C)(=O)=O)C3)c(N)c2c1C. The van der Waals surface area contributed by atoms with Crippen LogP contribution >= 0.6 is 11.3 Å². The number of hydrogen-bond donors (Lipinski definition) is 2. The summed E-state index contributed by atoms with van der Waals surface area (Å²) in [5.41, 5.74) is 8.25. The molecule has 3 rings (SSSR count). The predicted molar refractivity (Wildman–Crippen MR) is 93.6 cm³/mol. The number of sulfonamides is 1. The molecule has 2 aromatic rings. The average molecular weight is 369 g/mol. The van der Waals surface area contributed by atoms with Crippen molar-refractivity contribution in [3.05, 3.63) is 16.1 Å². The van der Waals surface area contributed by atoms with Crippen LogP contribution in [-0.2, 0) is 10.0 Å². The Bertz CT molecular complexity index is 922. The highest BCUT2D eigenvalue weighted by Gasteiger charge is 2.30. The number of aromatic nitrogens is 2. The number of hydrogen-bond acceptors (Lipinski definition) is 7. The van der Waals surface area contributed by atoms with Crippen LogP contribution in [0.3, 0.4) is 0 Å². The highest BCUT2D eigenvalue weighted by molar-refractivity contribution is 7.88. The van der Waals surface area contributed by atoms with Gasteiger partial charge in [0.1, 0.15) is 9.71 Å². The number of fused-ring (bicyclic) bond motifs is 1. The van der Waals surface area contributed by atoms with Crippen molar-refractivity contribution in [2.45, 2.75) is 26.3 Å². The lowest BCUT2D eigenvalue weighted by molar-refractivity contribution is 0.0944. The van der Waals surface area contributed by atoms with Crippen molar-refractivity contribution in [3.63, 3.8) is 0 Å². The van der Waals surface area contributed by atoms with E-state index < -0.39 is 10.0 Å². The second-order valence-corrected chi connectivity index (χ2v) is 9.00. The summed E-state index contributed by atoms with van der Waals surface area (Å²) in [5, 5.41) is 11.8. The number of nitrogen functional groups attached to an aromatic ring is 1. The van der Waals surface area contributed by atoms with Crippen LogP contribution in [0.15, 0.2) is 0 Å². The van der Waals surface area contributed by atoms with E-state index in [0.29, 0.717) is 28.4 Å². The minimum absolute atomic E-state index is 0.217. The van der Waals surface area contributed by atoms with Gasteiger partial charge in [-0.2, -0.15) is 5.10 Å². The van der Waals surface area contributed by atoms with Crippen LogP contribution < -0.4 is 11.1 Å². The summed E-state index contributed by atoms with van der Waals surface area (Å²) in [7, 11) is -3.23. The molecule has 0 aliphatic carbocycles. The molecule has 8 nitrogen and oxygen atoms in total. The molecule has 1 atom stereocenters. The minimum atomic E-state index is -3.23. The number of anilines is 1. The van der Waals surface area contributed by atoms with Gasteiger partial charge < -0.3 is 11.1 Å². The van der Waals surface area contributed by atoms with Gasteiger partial charge in [-0.3, -0.25) is 4.79 Å². The van der Waals surface area contributed by atoms with E-state index in [1.165, 1.54) is 21.9 Å². The molecule has 1 amide bonds. The average Bonchev–Trinajstić information content (AvgIpc) is 3.08. The molecule has 24 heavy (non-hydrogen) atoms. The molecule has 1 aliphatic rings. The number of amides is 1. The number of carbonyl (C=O) groups excluding carboxylic acids is 1. The summed E-state index contributed by atoms with van der Waals surface area (Å²) in [6.45, 7) is 4.44. The molecule has 3 heterocycles. The second-order valence-electron chi connectivity index (χ2n) is 6.02. The molecule has 0 saturated carbocycles. The lowest BCUT2D eigenvalue weighted by atomic mass is 10.1. The van der Waals surface area contributed by atoms with Gasteiger partial charge in [0.25, 0.3) is 5.91 Å². The van der Waals surface area contributed by atoms with E-state index in [1.54, 1.807) is 0 Å². The summed E-state index contributed by atoms with van der Waals surface area (Å²) in [6.07, 6.45) is 1.76. The third-order valence-electron chi connectivity index (χ3n) is 4.30. The third kappa shape index (κ3) is 2.96. The van der Waals surface area contributed by atoms with Crippen LogP contribution in [0.2, 0.25) is 0 Å². The summed E-state index contributed by atoms with van der Waals surface area (Å²) in [4.78, 5) is 13.6. The largest absolute Gasteiger partial charge is 0.397 e. The highest BCUT2D eigenvalue weighted by Crippen LogP contribution is 2.34. The monoisotopic (exact) mass is 369 g/mol. The number of carbonyl (C=O) groups is 1. The van der Waals surface area contributed by atoms with Gasteiger partial charge in [-0.1, -0.05) is 0 Å². The Labute approximate surface area is 144 Å². The lowest BCUT2D eigenvalue weighted by Gasteiger charge is -2.14. The fraction of sp³-hybridized carbons (Fsp3) is 0.500. The number of nitrogens with two attached hydrogens (primary N) is 1. The van der Waals surface area contributed by atoms with E-state index in [4.69, 9.17) is 5.73 Å². The van der Waals surface area contributed by atoms with Crippen LogP contribution in [0.5, 0.6) is 0 Å². The Kier molecular flexibility index (Phi) is 4.22. The van der Waals surface area contributed by atoms with Crippen LogP contribution in [0, 0.1) is 13.8 Å². The second kappa shape index (κ2) is 5.94. The summed E-state index contributed by atoms with van der Waals surface area (Å²) in [6, 6.07) is -0.217. The normalized spacial score (nSPS) is 19.0. The summed E-state index contributed by atoms with van der Waals surface area (Å²) < 4.78 is 24.5. The number of rotatable bonds is 3. The van der Waals surface area contributed by atoms with Crippen molar-refractivity contribution in [1.82, 2.24) is 19.8 Å². The van der Waals surface area contributed by atoms with Gasteiger partial charge in [-0.25, -0.2) is 12.7 Å². The van der Waals surface area contributed by atoms with Crippen molar-refractivity contribution < 1.29 is 13.2 Å². The van der Waals surface area contributed by atoms with Crippen LogP contribution in [0.1, 0.15) is 27.3 Å². The van der Waals surface area contributed by atoms with Crippen molar-refractivity contribution >= 4 is 43.2 Å². The first kappa shape index (κ1) is 17.1. The molecular formula is C14H19N5O3S2. The first-order chi connectivity index (χ1) is 11.2. The maximum absolute atomic E-state index is 12.5. The van der Waals surface area contributed by atoms with Gasteiger partial charge in [0, 0.05) is 24.5 Å². The smallest absolute Gasteiger partial charge is 0.263 e. The zero-order valence-corrected chi connectivity index (χ0v) is 15.3. The number of nitrogens with one attached hydrogen (secondary N) is 1. The Morgan fingerprint density at radius 2 is 2.08 bits per heavy atom. The van der Waals surface area contributed by atoms with Crippen molar-refractivity contribution in [2.75, 3.05) is 25.1 Å². The van der Waals surface area contributed by atoms with E-state index in [0.717, 1.165) is 16.6 Å². The molecular weight excluding hydrogens is 350 g/mol. The maximum Gasteiger partial charge on any atom is 0.263 e. The van der Waals surface area contributed by atoms with Crippen molar-refractivity contribution in [3.8, 4) is 0 Å². The Balaban J connectivity index is 1.83. The number of thiophene rings is 1. The third-order valence-corrected chi connectivity index (χ3v) is 6.65. The predicted octanol–water partition coefficient (Wildman–Crippen LogP) is 0.654. The molecule has 1 aliphatic heterocycles. The number of aryl methyl sites for hydroxylation is 2. The van der Waals surface area contributed by atoms with E-state index in [2.05, 4.69) is 15.5 Å². The van der Waals surface area contributed by atoms with Gasteiger partial charge >= 0.3 is 0 Å². The van der Waals surface area contributed by atoms with Crippen LogP contribution in [-0.4, -0.2) is 54.2 Å². The molecule has 130 valence electrons. The zero-order chi connectivity index (χ0) is 17.6. The lowest BCUT2D eigenvalue weighted by Crippen LogP contribution is -2.38. The van der Waals surface area contributed by atoms with Gasteiger partial charge in [-0.15, -0.1) is 16.4 Å². The van der Waals surface area contributed by atoms with E-state index in [1.807, 2.05) is 13.8 Å².